The third-order valence-corrected chi connectivity index (χ3v) is 7.22. The fourth-order valence-corrected chi connectivity index (χ4v) is 5.40. The van der Waals surface area contributed by atoms with E-state index >= 15 is 0 Å². The Morgan fingerprint density at radius 3 is 2.14 bits per heavy atom. The summed E-state index contributed by atoms with van der Waals surface area (Å²) in [4.78, 5) is 41.3. The summed E-state index contributed by atoms with van der Waals surface area (Å²) < 4.78 is 6.28. The van der Waals surface area contributed by atoms with Gasteiger partial charge in [-0.25, -0.2) is 0 Å². The number of carbonyl (C=O) groups excluding carboxylic acids is 3. The number of carbonyl (C=O) groups is 3. The van der Waals surface area contributed by atoms with Crippen molar-refractivity contribution in [2.45, 2.75) is 25.2 Å². The van der Waals surface area contributed by atoms with E-state index in [1.165, 1.54) is 0 Å². The minimum atomic E-state index is -1.78. The third-order valence-electron chi connectivity index (χ3n) is 6.70. The maximum Gasteiger partial charge on any atom is 0.327 e. The van der Waals surface area contributed by atoms with Gasteiger partial charge in [-0.05, 0) is 30.2 Å². The zero-order valence-corrected chi connectivity index (χ0v) is 20.8. The van der Waals surface area contributed by atoms with Crippen LogP contribution in [-0.2, 0) is 14.3 Å². The van der Waals surface area contributed by atoms with E-state index in [1.54, 1.807) is 73.7 Å². The summed E-state index contributed by atoms with van der Waals surface area (Å²) in [6.45, 7) is 1.75. The van der Waals surface area contributed by atoms with Crippen molar-refractivity contribution in [1.29, 1.82) is 5.26 Å². The van der Waals surface area contributed by atoms with E-state index in [2.05, 4.69) is 22.0 Å². The number of ketones is 2. The lowest BCUT2D eigenvalue weighted by atomic mass is 9.52. The van der Waals surface area contributed by atoms with Gasteiger partial charge in [-0.15, -0.1) is 0 Å². The Balaban J connectivity index is 2.00. The summed E-state index contributed by atoms with van der Waals surface area (Å²) in [5, 5.41) is 10.7. The molecule has 1 aliphatic carbocycles. The molecule has 0 unspecified atom stereocenters. The average Bonchev–Trinajstić information content (AvgIpc) is 2.89. The van der Waals surface area contributed by atoms with Gasteiger partial charge in [-0.2, -0.15) is 5.26 Å². The highest BCUT2D eigenvalue weighted by atomic mass is 79.9. The van der Waals surface area contributed by atoms with Crippen LogP contribution in [-0.4, -0.2) is 24.1 Å². The van der Waals surface area contributed by atoms with E-state index in [0.29, 0.717) is 16.7 Å². The molecule has 0 spiro atoms. The Hall–Kier alpha value is -3.56. The van der Waals surface area contributed by atoms with Crippen LogP contribution in [0.2, 0.25) is 0 Å². The van der Waals surface area contributed by atoms with Crippen LogP contribution in [0.25, 0.3) is 0 Å². The predicted molar refractivity (Wildman–Crippen MR) is 135 cm³/mol. The largest absolute Gasteiger partial charge is 0.465 e. The molecule has 1 saturated carbocycles. The molecule has 6 heteroatoms. The number of benzene rings is 3. The van der Waals surface area contributed by atoms with Gasteiger partial charge >= 0.3 is 5.97 Å². The minimum absolute atomic E-state index is 0.0715. The molecule has 0 radical (unpaired) electrons. The summed E-state index contributed by atoms with van der Waals surface area (Å²) in [6, 6.07) is 27.0. The van der Waals surface area contributed by atoms with E-state index in [1.807, 2.05) is 18.2 Å². The molecule has 176 valence electrons. The van der Waals surface area contributed by atoms with Gasteiger partial charge in [0.25, 0.3) is 0 Å². The molecule has 4 rings (SSSR count). The topological polar surface area (TPSA) is 84.2 Å². The van der Waals surface area contributed by atoms with E-state index in [-0.39, 0.29) is 18.8 Å². The third kappa shape index (κ3) is 4.44. The fraction of sp³-hybridized carbons (Fsp3) is 0.241. The Kier molecular flexibility index (Phi) is 7.28. The number of Topliss-reactive ketones (excluding diaryl/α,β-unsaturated/α-hetero) is 2. The lowest BCUT2D eigenvalue weighted by Gasteiger charge is -2.46. The summed E-state index contributed by atoms with van der Waals surface area (Å²) >= 11 is 3.42. The van der Waals surface area contributed by atoms with Gasteiger partial charge in [0, 0.05) is 28.3 Å². The van der Waals surface area contributed by atoms with Crippen molar-refractivity contribution in [3.8, 4) is 6.07 Å². The van der Waals surface area contributed by atoms with Crippen molar-refractivity contribution in [1.82, 2.24) is 0 Å². The lowest BCUT2D eigenvalue weighted by molar-refractivity contribution is -0.158. The van der Waals surface area contributed by atoms with Crippen molar-refractivity contribution in [2.24, 2.45) is 11.3 Å². The second kappa shape index (κ2) is 10.4. The Labute approximate surface area is 212 Å². The van der Waals surface area contributed by atoms with Gasteiger partial charge in [0.1, 0.15) is 5.78 Å². The number of nitriles is 1. The van der Waals surface area contributed by atoms with Gasteiger partial charge in [0.15, 0.2) is 11.2 Å². The van der Waals surface area contributed by atoms with Crippen LogP contribution in [0.3, 0.4) is 0 Å². The molecule has 5 nitrogen and oxygen atoms in total. The highest BCUT2D eigenvalue weighted by molar-refractivity contribution is 9.10. The second-order valence-electron chi connectivity index (χ2n) is 8.57. The quantitative estimate of drug-likeness (QED) is 0.226. The molecule has 0 N–H and O–H groups in total. The van der Waals surface area contributed by atoms with E-state index in [9.17, 15) is 19.6 Å². The molecular weight excluding hydrogens is 506 g/mol. The van der Waals surface area contributed by atoms with Crippen molar-refractivity contribution >= 4 is 33.5 Å². The number of hydrogen-bond acceptors (Lipinski definition) is 5. The fourth-order valence-electron chi connectivity index (χ4n) is 5.14. The summed E-state index contributed by atoms with van der Waals surface area (Å²) in [6.07, 6.45) is -0.118. The molecule has 1 aliphatic rings. The molecule has 0 amide bonds. The van der Waals surface area contributed by atoms with Crippen molar-refractivity contribution in [3.63, 3.8) is 0 Å². The van der Waals surface area contributed by atoms with Crippen LogP contribution in [0.15, 0.2) is 89.4 Å². The zero-order valence-electron chi connectivity index (χ0n) is 19.2. The summed E-state index contributed by atoms with van der Waals surface area (Å²) in [7, 11) is 0. The highest BCUT2D eigenvalue weighted by Crippen LogP contribution is 2.57. The van der Waals surface area contributed by atoms with Crippen molar-refractivity contribution < 1.29 is 19.1 Å². The van der Waals surface area contributed by atoms with Crippen LogP contribution in [0.4, 0.5) is 0 Å². The van der Waals surface area contributed by atoms with Gasteiger partial charge in [0.2, 0.25) is 0 Å². The number of rotatable bonds is 6. The first-order valence-corrected chi connectivity index (χ1v) is 12.2. The van der Waals surface area contributed by atoms with Gasteiger partial charge in [0.05, 0.1) is 18.6 Å². The lowest BCUT2D eigenvalue weighted by Crippen LogP contribution is -2.53. The van der Waals surface area contributed by atoms with Crippen LogP contribution >= 0.6 is 15.9 Å². The number of hydrogen-bond donors (Lipinski definition) is 0. The normalized spacial score (nSPS) is 23.8. The first-order chi connectivity index (χ1) is 16.9. The predicted octanol–water partition coefficient (Wildman–Crippen LogP) is 5.86. The first kappa shape index (κ1) is 24.6. The smallest absolute Gasteiger partial charge is 0.327 e. The highest BCUT2D eigenvalue weighted by Gasteiger charge is 2.63. The molecule has 35 heavy (non-hydrogen) atoms. The first-order valence-electron chi connectivity index (χ1n) is 11.4. The standard InChI is InChI=1S/C29H24BrNO4/c1-2-35-28(34)29(18-31)23(19-9-5-3-6-10-19)17-24(32)25(27(33)21-11-7-4-8-12-21)26(29)20-13-15-22(30)16-14-20/h3-16,23,25-26H,2,17H2,1H3/t23-,25-,26+,29+/m0/s1. The summed E-state index contributed by atoms with van der Waals surface area (Å²) in [5.74, 6) is -4.42. The minimum Gasteiger partial charge on any atom is -0.465 e. The second-order valence-corrected chi connectivity index (χ2v) is 9.49. The average molecular weight is 530 g/mol. The van der Waals surface area contributed by atoms with Crippen molar-refractivity contribution in [3.05, 3.63) is 106 Å². The molecule has 3 aromatic rings. The maximum atomic E-state index is 13.8. The SMILES string of the molecule is CCOC(=O)[C@@]1(C#N)[C@H](c2ccc(Br)cc2)[C@@H](C(=O)c2ccccc2)C(=O)C[C@H]1c1ccccc1. The number of halogens is 1. The van der Waals surface area contributed by atoms with E-state index < -0.39 is 34.9 Å². The Morgan fingerprint density at radius 2 is 1.57 bits per heavy atom. The molecule has 0 heterocycles. The molecule has 3 aromatic carbocycles. The molecule has 0 aliphatic heterocycles. The van der Waals surface area contributed by atoms with Crippen LogP contribution in [0, 0.1) is 22.7 Å². The maximum absolute atomic E-state index is 13.8. The number of nitrogens with zero attached hydrogens (tertiary/aromatic N) is 1. The molecular formula is C29H24BrNO4. The van der Waals surface area contributed by atoms with Gasteiger partial charge < -0.3 is 4.74 Å². The summed E-state index contributed by atoms with van der Waals surface area (Å²) in [5.41, 5.74) is -0.176. The Morgan fingerprint density at radius 1 is 0.971 bits per heavy atom. The number of esters is 1. The number of ether oxygens (including phenoxy) is 1. The molecule has 0 saturated heterocycles. The Bertz CT molecular complexity index is 1270. The molecule has 0 aromatic heterocycles. The van der Waals surface area contributed by atoms with E-state index in [0.717, 1.165) is 4.47 Å². The molecule has 1 fully saturated rings. The molecule has 0 bridgehead atoms. The van der Waals surface area contributed by atoms with Gasteiger partial charge in [-0.1, -0.05) is 88.7 Å². The zero-order chi connectivity index (χ0) is 25.0. The van der Waals surface area contributed by atoms with Gasteiger partial charge in [-0.3, -0.25) is 14.4 Å². The van der Waals surface area contributed by atoms with Crippen LogP contribution < -0.4 is 0 Å². The molecule has 4 atom stereocenters. The van der Waals surface area contributed by atoms with E-state index in [4.69, 9.17) is 4.74 Å². The van der Waals surface area contributed by atoms with Crippen molar-refractivity contribution in [2.75, 3.05) is 6.61 Å². The van der Waals surface area contributed by atoms with Crippen LogP contribution in [0.1, 0.15) is 46.7 Å². The van der Waals surface area contributed by atoms with Crippen LogP contribution in [0.5, 0.6) is 0 Å². The monoisotopic (exact) mass is 529 g/mol.